The molecule has 0 aliphatic carbocycles. The Hall–Kier alpha value is 0.150. The third-order valence-electron chi connectivity index (χ3n) is 3.43. The Labute approximate surface area is 112 Å². The summed E-state index contributed by atoms with van der Waals surface area (Å²) in [7, 11) is 0. The van der Waals surface area contributed by atoms with Crippen LogP contribution in [0.2, 0.25) is 0 Å². The lowest BCUT2D eigenvalue weighted by Crippen LogP contribution is -2.56. The van der Waals surface area contributed by atoms with Crippen molar-refractivity contribution in [3.05, 3.63) is 0 Å². The summed E-state index contributed by atoms with van der Waals surface area (Å²) >= 11 is 4.32. The SMILES string of the molecule is CC1(C)O[C@H]2O[C@H]3[C@H](OC(C)(C)O[C@@H]3CS)[C@H]2O1. The van der Waals surface area contributed by atoms with E-state index in [0.717, 1.165) is 0 Å². The van der Waals surface area contributed by atoms with Gasteiger partial charge in [-0.15, -0.1) is 0 Å². The number of ether oxygens (including phenoxy) is 5. The summed E-state index contributed by atoms with van der Waals surface area (Å²) < 4.78 is 29.2. The minimum absolute atomic E-state index is 0.108. The quantitative estimate of drug-likeness (QED) is 0.732. The van der Waals surface area contributed by atoms with Crippen LogP contribution in [0, 0.1) is 0 Å². The molecule has 5 atom stereocenters. The van der Waals surface area contributed by atoms with Crippen LogP contribution < -0.4 is 0 Å². The lowest BCUT2D eigenvalue weighted by molar-refractivity contribution is -0.339. The van der Waals surface area contributed by atoms with Gasteiger partial charge in [-0.1, -0.05) is 0 Å². The third kappa shape index (κ3) is 2.09. The van der Waals surface area contributed by atoms with Gasteiger partial charge >= 0.3 is 0 Å². The van der Waals surface area contributed by atoms with Crippen molar-refractivity contribution in [1.82, 2.24) is 0 Å². The molecule has 3 heterocycles. The summed E-state index contributed by atoms with van der Waals surface area (Å²) in [6.07, 6.45) is -1.03. The topological polar surface area (TPSA) is 46.2 Å². The first-order chi connectivity index (χ1) is 8.31. The molecular formula is C12H20O5S. The zero-order chi connectivity index (χ0) is 13.1. The van der Waals surface area contributed by atoms with E-state index in [2.05, 4.69) is 12.6 Å². The highest BCUT2D eigenvalue weighted by Crippen LogP contribution is 2.44. The second kappa shape index (κ2) is 4.07. The van der Waals surface area contributed by atoms with Crippen LogP contribution in [0.1, 0.15) is 27.7 Å². The smallest absolute Gasteiger partial charge is 0.190 e. The van der Waals surface area contributed by atoms with E-state index in [4.69, 9.17) is 23.7 Å². The molecule has 3 fully saturated rings. The molecule has 3 rings (SSSR count). The molecule has 0 radical (unpaired) electrons. The second-order valence-electron chi connectivity index (χ2n) is 5.89. The highest BCUT2D eigenvalue weighted by molar-refractivity contribution is 7.80. The Bertz CT molecular complexity index is 345. The predicted molar refractivity (Wildman–Crippen MR) is 66.4 cm³/mol. The highest BCUT2D eigenvalue weighted by Gasteiger charge is 2.60. The molecule has 3 saturated heterocycles. The highest BCUT2D eigenvalue weighted by atomic mass is 32.1. The fourth-order valence-electron chi connectivity index (χ4n) is 2.87. The molecule has 0 spiro atoms. The summed E-state index contributed by atoms with van der Waals surface area (Å²) in [5.74, 6) is -0.692. The van der Waals surface area contributed by atoms with Gasteiger partial charge in [0.25, 0.3) is 0 Å². The molecule has 0 aromatic carbocycles. The van der Waals surface area contributed by atoms with E-state index >= 15 is 0 Å². The molecule has 0 aromatic rings. The van der Waals surface area contributed by atoms with Crippen molar-refractivity contribution in [3.8, 4) is 0 Å². The normalized spacial score (nSPS) is 48.8. The fraction of sp³-hybridized carbons (Fsp3) is 1.00. The van der Waals surface area contributed by atoms with Crippen molar-refractivity contribution < 1.29 is 23.7 Å². The van der Waals surface area contributed by atoms with Crippen molar-refractivity contribution in [2.45, 2.75) is 70.0 Å². The van der Waals surface area contributed by atoms with Gasteiger partial charge < -0.3 is 23.7 Å². The molecule has 6 heteroatoms. The Morgan fingerprint density at radius 2 is 1.44 bits per heavy atom. The molecule has 0 aromatic heterocycles. The summed E-state index contributed by atoms with van der Waals surface area (Å²) in [6.45, 7) is 7.55. The number of hydrogen-bond donors (Lipinski definition) is 1. The number of thiol groups is 1. The van der Waals surface area contributed by atoms with Crippen molar-refractivity contribution in [1.29, 1.82) is 0 Å². The monoisotopic (exact) mass is 276 g/mol. The van der Waals surface area contributed by atoms with Crippen LogP contribution in [-0.4, -0.2) is 48.0 Å². The molecular weight excluding hydrogens is 256 g/mol. The average Bonchev–Trinajstić information content (AvgIpc) is 2.69. The van der Waals surface area contributed by atoms with E-state index in [1.54, 1.807) is 0 Å². The summed E-state index contributed by atoms with van der Waals surface area (Å²) in [5, 5.41) is 0. The van der Waals surface area contributed by atoms with Gasteiger partial charge in [0.15, 0.2) is 17.9 Å². The molecule has 0 saturated carbocycles. The van der Waals surface area contributed by atoms with Gasteiger partial charge in [0.05, 0.1) is 6.10 Å². The van der Waals surface area contributed by atoms with Crippen molar-refractivity contribution in [3.63, 3.8) is 0 Å². The molecule has 5 nitrogen and oxygen atoms in total. The minimum Gasteiger partial charge on any atom is -0.344 e. The van der Waals surface area contributed by atoms with Crippen LogP contribution in [0.25, 0.3) is 0 Å². The van der Waals surface area contributed by atoms with Gasteiger partial charge in [-0.2, -0.15) is 12.6 Å². The number of fused-ring (bicyclic) bond motifs is 3. The van der Waals surface area contributed by atoms with Gasteiger partial charge in [0.2, 0.25) is 0 Å². The Kier molecular flexibility index (Phi) is 2.97. The van der Waals surface area contributed by atoms with Crippen LogP contribution in [0.4, 0.5) is 0 Å². The van der Waals surface area contributed by atoms with E-state index in [-0.39, 0.29) is 30.7 Å². The van der Waals surface area contributed by atoms with Gasteiger partial charge in [-0.25, -0.2) is 0 Å². The van der Waals surface area contributed by atoms with E-state index < -0.39 is 11.6 Å². The molecule has 3 aliphatic rings. The van der Waals surface area contributed by atoms with Crippen molar-refractivity contribution in [2.24, 2.45) is 0 Å². The maximum Gasteiger partial charge on any atom is 0.190 e. The molecule has 0 bridgehead atoms. The lowest BCUT2D eigenvalue weighted by Gasteiger charge is -2.43. The molecule has 0 unspecified atom stereocenters. The molecule has 0 N–H and O–H groups in total. The first-order valence-electron chi connectivity index (χ1n) is 6.29. The average molecular weight is 276 g/mol. The van der Waals surface area contributed by atoms with Gasteiger partial charge in [0.1, 0.15) is 18.3 Å². The minimum atomic E-state index is -0.650. The first-order valence-corrected chi connectivity index (χ1v) is 6.92. The third-order valence-corrected chi connectivity index (χ3v) is 3.79. The van der Waals surface area contributed by atoms with E-state index in [1.807, 2.05) is 27.7 Å². The standard InChI is InChI=1S/C12H20O5S/c1-11(2)14-6(5-18)7-8(15-11)9-10(13-7)17-12(3,4)16-9/h6-10,18H,5H2,1-4H3/t6-,7-,8+,9-,10-/m1/s1. The fourth-order valence-corrected chi connectivity index (χ4v) is 3.15. The van der Waals surface area contributed by atoms with Gasteiger partial charge in [-0.3, -0.25) is 0 Å². The van der Waals surface area contributed by atoms with Crippen LogP contribution in [-0.2, 0) is 23.7 Å². The number of hydrogen-bond acceptors (Lipinski definition) is 6. The summed E-state index contributed by atoms with van der Waals surface area (Å²) in [4.78, 5) is 0. The Balaban J connectivity index is 1.83. The first kappa shape index (κ1) is 13.1. The molecule has 0 amide bonds. The van der Waals surface area contributed by atoms with E-state index in [0.29, 0.717) is 5.75 Å². The Morgan fingerprint density at radius 3 is 2.11 bits per heavy atom. The summed E-state index contributed by atoms with van der Waals surface area (Å²) in [5.41, 5.74) is 0. The van der Waals surface area contributed by atoms with E-state index in [1.165, 1.54) is 0 Å². The zero-order valence-corrected chi connectivity index (χ0v) is 12.0. The lowest BCUT2D eigenvalue weighted by atomic mass is 10.0. The van der Waals surface area contributed by atoms with E-state index in [9.17, 15) is 0 Å². The molecule has 3 aliphatic heterocycles. The van der Waals surface area contributed by atoms with Crippen LogP contribution in [0.5, 0.6) is 0 Å². The van der Waals surface area contributed by atoms with Gasteiger partial charge in [0, 0.05) is 5.75 Å². The molecule has 104 valence electrons. The predicted octanol–water partition coefficient (Wildman–Crippen LogP) is 1.31. The summed E-state index contributed by atoms with van der Waals surface area (Å²) in [6, 6.07) is 0. The second-order valence-corrected chi connectivity index (χ2v) is 6.26. The molecule has 18 heavy (non-hydrogen) atoms. The van der Waals surface area contributed by atoms with Gasteiger partial charge in [-0.05, 0) is 27.7 Å². The maximum absolute atomic E-state index is 5.95. The number of rotatable bonds is 1. The van der Waals surface area contributed by atoms with Crippen LogP contribution >= 0.6 is 12.6 Å². The maximum atomic E-state index is 5.95. The van der Waals surface area contributed by atoms with Crippen LogP contribution in [0.15, 0.2) is 0 Å². The van der Waals surface area contributed by atoms with Crippen molar-refractivity contribution in [2.75, 3.05) is 5.75 Å². The van der Waals surface area contributed by atoms with Crippen LogP contribution in [0.3, 0.4) is 0 Å². The zero-order valence-electron chi connectivity index (χ0n) is 11.1. The van der Waals surface area contributed by atoms with Crippen molar-refractivity contribution >= 4 is 12.6 Å². The Morgan fingerprint density at radius 1 is 0.833 bits per heavy atom. The largest absolute Gasteiger partial charge is 0.344 e.